The standard InChI is InChI=1S/C14H20N2O3/c15-8-12-4-2-1-3-11(12)7-14(18)16-5-6-19-10-13(16)9-17/h1-4,13,17H,5-10,15H2. The predicted octanol–water partition coefficient (Wildman–Crippen LogP) is -0.0925. The molecular formula is C14H20N2O3. The highest BCUT2D eigenvalue weighted by atomic mass is 16.5. The summed E-state index contributed by atoms with van der Waals surface area (Å²) >= 11 is 0. The summed E-state index contributed by atoms with van der Waals surface area (Å²) in [5, 5.41) is 9.28. The number of benzene rings is 1. The van der Waals surface area contributed by atoms with Crippen LogP contribution < -0.4 is 5.73 Å². The normalized spacial score (nSPS) is 19.5. The monoisotopic (exact) mass is 264 g/mol. The van der Waals surface area contributed by atoms with Crippen LogP contribution >= 0.6 is 0 Å². The van der Waals surface area contributed by atoms with Gasteiger partial charge in [0, 0.05) is 13.1 Å². The fraction of sp³-hybridized carbons (Fsp3) is 0.500. The van der Waals surface area contributed by atoms with Crippen molar-refractivity contribution in [2.75, 3.05) is 26.4 Å². The topological polar surface area (TPSA) is 75.8 Å². The molecule has 104 valence electrons. The Hall–Kier alpha value is -1.43. The van der Waals surface area contributed by atoms with E-state index in [0.29, 0.717) is 32.7 Å². The minimum atomic E-state index is -0.230. The van der Waals surface area contributed by atoms with Gasteiger partial charge < -0.3 is 20.5 Å². The fourth-order valence-electron chi connectivity index (χ4n) is 2.33. The Morgan fingerprint density at radius 2 is 2.16 bits per heavy atom. The molecular weight excluding hydrogens is 244 g/mol. The molecule has 0 aromatic heterocycles. The lowest BCUT2D eigenvalue weighted by Crippen LogP contribution is -2.51. The highest BCUT2D eigenvalue weighted by Gasteiger charge is 2.26. The molecule has 1 aromatic carbocycles. The molecule has 1 amide bonds. The van der Waals surface area contributed by atoms with Crippen LogP contribution in [0.2, 0.25) is 0 Å². The van der Waals surface area contributed by atoms with Gasteiger partial charge in [0.05, 0.1) is 32.3 Å². The maximum absolute atomic E-state index is 12.3. The van der Waals surface area contributed by atoms with Gasteiger partial charge in [-0.2, -0.15) is 0 Å². The van der Waals surface area contributed by atoms with Crippen LogP contribution in [-0.2, 0) is 22.5 Å². The highest BCUT2D eigenvalue weighted by Crippen LogP contribution is 2.13. The maximum Gasteiger partial charge on any atom is 0.227 e. The van der Waals surface area contributed by atoms with E-state index in [1.807, 2.05) is 24.3 Å². The quantitative estimate of drug-likeness (QED) is 0.797. The molecule has 1 heterocycles. The van der Waals surface area contributed by atoms with Gasteiger partial charge in [0.15, 0.2) is 0 Å². The van der Waals surface area contributed by atoms with E-state index in [1.165, 1.54) is 0 Å². The Kier molecular flexibility index (Phi) is 4.90. The SMILES string of the molecule is NCc1ccccc1CC(=O)N1CCOCC1CO. The summed E-state index contributed by atoms with van der Waals surface area (Å²) in [6, 6.07) is 7.46. The summed E-state index contributed by atoms with van der Waals surface area (Å²) in [5.41, 5.74) is 7.62. The largest absolute Gasteiger partial charge is 0.394 e. The minimum absolute atomic E-state index is 0.0169. The van der Waals surface area contributed by atoms with E-state index in [9.17, 15) is 9.90 Å². The lowest BCUT2D eigenvalue weighted by atomic mass is 10.0. The third-order valence-electron chi connectivity index (χ3n) is 3.44. The molecule has 0 saturated carbocycles. The van der Waals surface area contributed by atoms with Crippen molar-refractivity contribution in [1.82, 2.24) is 4.90 Å². The van der Waals surface area contributed by atoms with Crippen molar-refractivity contribution in [3.05, 3.63) is 35.4 Å². The third kappa shape index (κ3) is 3.32. The Labute approximate surface area is 113 Å². The van der Waals surface area contributed by atoms with Crippen LogP contribution in [-0.4, -0.2) is 48.3 Å². The van der Waals surface area contributed by atoms with E-state index in [1.54, 1.807) is 4.90 Å². The van der Waals surface area contributed by atoms with Gasteiger partial charge in [0.1, 0.15) is 0 Å². The average Bonchev–Trinajstić information content (AvgIpc) is 2.47. The van der Waals surface area contributed by atoms with E-state index >= 15 is 0 Å². The second-order valence-corrected chi connectivity index (χ2v) is 4.65. The Morgan fingerprint density at radius 1 is 1.42 bits per heavy atom. The summed E-state index contributed by atoms with van der Waals surface area (Å²) in [6.07, 6.45) is 0.323. The molecule has 1 atom stereocenters. The zero-order chi connectivity index (χ0) is 13.7. The van der Waals surface area contributed by atoms with Crippen molar-refractivity contribution in [2.45, 2.75) is 19.0 Å². The summed E-state index contributed by atoms with van der Waals surface area (Å²) < 4.78 is 5.27. The molecule has 5 nitrogen and oxygen atoms in total. The minimum Gasteiger partial charge on any atom is -0.394 e. The Balaban J connectivity index is 2.07. The van der Waals surface area contributed by atoms with Crippen molar-refractivity contribution in [3.63, 3.8) is 0 Å². The van der Waals surface area contributed by atoms with Crippen molar-refractivity contribution < 1.29 is 14.6 Å². The molecule has 0 aliphatic carbocycles. The van der Waals surface area contributed by atoms with Gasteiger partial charge in [-0.05, 0) is 11.1 Å². The number of nitrogens with zero attached hydrogens (tertiary/aromatic N) is 1. The second-order valence-electron chi connectivity index (χ2n) is 4.65. The van der Waals surface area contributed by atoms with E-state index in [0.717, 1.165) is 11.1 Å². The molecule has 5 heteroatoms. The summed E-state index contributed by atoms with van der Waals surface area (Å²) in [4.78, 5) is 14.0. The van der Waals surface area contributed by atoms with Crippen LogP contribution in [0.5, 0.6) is 0 Å². The van der Waals surface area contributed by atoms with Gasteiger partial charge >= 0.3 is 0 Å². The number of hydrogen-bond donors (Lipinski definition) is 2. The van der Waals surface area contributed by atoms with Crippen LogP contribution in [0.1, 0.15) is 11.1 Å². The Morgan fingerprint density at radius 3 is 2.84 bits per heavy atom. The van der Waals surface area contributed by atoms with Crippen molar-refractivity contribution in [3.8, 4) is 0 Å². The van der Waals surface area contributed by atoms with Gasteiger partial charge in [-0.3, -0.25) is 4.79 Å². The van der Waals surface area contributed by atoms with Gasteiger partial charge in [-0.1, -0.05) is 24.3 Å². The molecule has 3 N–H and O–H groups in total. The molecule has 1 saturated heterocycles. The summed E-state index contributed by atoms with van der Waals surface area (Å²) in [5.74, 6) is 0.0169. The zero-order valence-electron chi connectivity index (χ0n) is 10.9. The number of ether oxygens (including phenoxy) is 1. The molecule has 1 fully saturated rings. The summed E-state index contributed by atoms with van der Waals surface area (Å²) in [6.45, 7) is 1.83. The van der Waals surface area contributed by atoms with E-state index in [4.69, 9.17) is 10.5 Å². The number of carbonyl (C=O) groups excluding carboxylic acids is 1. The predicted molar refractivity (Wildman–Crippen MR) is 71.4 cm³/mol. The van der Waals surface area contributed by atoms with Gasteiger partial charge in [0.25, 0.3) is 0 Å². The molecule has 19 heavy (non-hydrogen) atoms. The number of morpholine rings is 1. The number of hydrogen-bond acceptors (Lipinski definition) is 4. The Bertz CT molecular complexity index is 436. The lowest BCUT2D eigenvalue weighted by Gasteiger charge is -2.34. The maximum atomic E-state index is 12.3. The van der Waals surface area contributed by atoms with E-state index in [2.05, 4.69) is 0 Å². The number of rotatable bonds is 4. The number of aliphatic hydroxyl groups excluding tert-OH is 1. The van der Waals surface area contributed by atoms with Crippen molar-refractivity contribution in [2.24, 2.45) is 5.73 Å². The first-order valence-corrected chi connectivity index (χ1v) is 6.51. The molecule has 1 unspecified atom stereocenters. The van der Waals surface area contributed by atoms with Crippen LogP contribution in [0.15, 0.2) is 24.3 Å². The lowest BCUT2D eigenvalue weighted by molar-refractivity contribution is -0.140. The molecule has 0 spiro atoms. The highest BCUT2D eigenvalue weighted by molar-refractivity contribution is 5.79. The van der Waals surface area contributed by atoms with Gasteiger partial charge in [0.2, 0.25) is 5.91 Å². The van der Waals surface area contributed by atoms with Crippen LogP contribution in [0, 0.1) is 0 Å². The first kappa shape index (κ1) is 14.0. The van der Waals surface area contributed by atoms with Crippen LogP contribution in [0.25, 0.3) is 0 Å². The zero-order valence-corrected chi connectivity index (χ0v) is 10.9. The first-order valence-electron chi connectivity index (χ1n) is 6.51. The third-order valence-corrected chi connectivity index (χ3v) is 3.44. The van der Waals surface area contributed by atoms with Crippen LogP contribution in [0.4, 0.5) is 0 Å². The average molecular weight is 264 g/mol. The molecule has 2 rings (SSSR count). The van der Waals surface area contributed by atoms with Gasteiger partial charge in [-0.25, -0.2) is 0 Å². The molecule has 0 radical (unpaired) electrons. The molecule has 1 aromatic rings. The van der Waals surface area contributed by atoms with Crippen LogP contribution in [0.3, 0.4) is 0 Å². The molecule has 1 aliphatic heterocycles. The van der Waals surface area contributed by atoms with Gasteiger partial charge in [-0.15, -0.1) is 0 Å². The number of aliphatic hydroxyl groups is 1. The number of nitrogens with two attached hydrogens (primary N) is 1. The van der Waals surface area contributed by atoms with E-state index < -0.39 is 0 Å². The number of carbonyl (C=O) groups is 1. The first-order chi connectivity index (χ1) is 9.26. The molecule has 1 aliphatic rings. The number of amides is 1. The second kappa shape index (κ2) is 6.65. The summed E-state index contributed by atoms with van der Waals surface area (Å²) in [7, 11) is 0. The van der Waals surface area contributed by atoms with E-state index in [-0.39, 0.29) is 18.6 Å². The fourth-order valence-corrected chi connectivity index (χ4v) is 2.33. The smallest absolute Gasteiger partial charge is 0.227 e. The molecule has 0 bridgehead atoms. The van der Waals surface area contributed by atoms with Crippen molar-refractivity contribution >= 4 is 5.91 Å². The van der Waals surface area contributed by atoms with Crippen molar-refractivity contribution in [1.29, 1.82) is 0 Å².